The summed E-state index contributed by atoms with van der Waals surface area (Å²) < 4.78 is 27.5. The fourth-order valence-corrected chi connectivity index (χ4v) is 2.76. The van der Waals surface area contributed by atoms with Gasteiger partial charge < -0.3 is 15.4 Å². The van der Waals surface area contributed by atoms with Crippen LogP contribution in [-0.4, -0.2) is 33.1 Å². The number of nitrogens with one attached hydrogen (secondary N) is 2. The lowest BCUT2D eigenvalue weighted by molar-refractivity contribution is 0.252. The van der Waals surface area contributed by atoms with Gasteiger partial charge in [-0.3, -0.25) is 0 Å². The van der Waals surface area contributed by atoms with Gasteiger partial charge in [-0.15, -0.1) is 11.3 Å². The average molecular weight is 354 g/mol. The number of anilines is 1. The molecule has 6 nitrogen and oxygen atoms in total. The van der Waals surface area contributed by atoms with Gasteiger partial charge >= 0.3 is 6.03 Å². The SMILES string of the molecule is CS(=O)(=O)CCOc1cccc(NC(=O)NCc2cccs2)c1. The van der Waals surface area contributed by atoms with Crippen molar-refractivity contribution >= 4 is 32.9 Å². The van der Waals surface area contributed by atoms with Crippen molar-refractivity contribution in [3.05, 3.63) is 46.7 Å². The number of thiophene rings is 1. The molecule has 0 spiro atoms. The van der Waals surface area contributed by atoms with Crippen LogP contribution in [-0.2, 0) is 16.4 Å². The molecular weight excluding hydrogens is 336 g/mol. The second-order valence-electron chi connectivity index (χ2n) is 4.89. The molecule has 124 valence electrons. The molecule has 0 bridgehead atoms. The van der Waals surface area contributed by atoms with Gasteiger partial charge in [-0.2, -0.15) is 0 Å². The van der Waals surface area contributed by atoms with Crippen molar-refractivity contribution in [2.75, 3.05) is 23.9 Å². The standard InChI is InChI=1S/C15H18N2O4S2/c1-23(19,20)9-7-21-13-5-2-4-12(10-13)17-15(18)16-11-14-6-3-8-22-14/h2-6,8,10H,7,9,11H2,1H3,(H2,16,17,18). The molecule has 23 heavy (non-hydrogen) atoms. The normalized spacial score (nSPS) is 11.0. The molecule has 0 atom stereocenters. The number of carbonyl (C=O) groups excluding carboxylic acids is 1. The Hall–Kier alpha value is -2.06. The molecule has 1 aromatic carbocycles. The number of benzene rings is 1. The van der Waals surface area contributed by atoms with Crippen LogP contribution in [0, 0.1) is 0 Å². The second-order valence-corrected chi connectivity index (χ2v) is 8.19. The summed E-state index contributed by atoms with van der Waals surface area (Å²) in [5.74, 6) is 0.455. The molecule has 0 aliphatic rings. The van der Waals surface area contributed by atoms with E-state index in [2.05, 4.69) is 10.6 Å². The summed E-state index contributed by atoms with van der Waals surface area (Å²) in [4.78, 5) is 12.9. The monoisotopic (exact) mass is 354 g/mol. The topological polar surface area (TPSA) is 84.5 Å². The van der Waals surface area contributed by atoms with Crippen molar-refractivity contribution in [3.8, 4) is 5.75 Å². The summed E-state index contributed by atoms with van der Waals surface area (Å²) in [5.41, 5.74) is 0.575. The smallest absolute Gasteiger partial charge is 0.319 e. The number of carbonyl (C=O) groups is 1. The Morgan fingerprint density at radius 1 is 1.26 bits per heavy atom. The van der Waals surface area contributed by atoms with Crippen LogP contribution in [0.25, 0.3) is 0 Å². The van der Waals surface area contributed by atoms with Crippen LogP contribution in [0.15, 0.2) is 41.8 Å². The zero-order valence-electron chi connectivity index (χ0n) is 12.6. The highest BCUT2D eigenvalue weighted by Crippen LogP contribution is 2.17. The Morgan fingerprint density at radius 3 is 2.78 bits per heavy atom. The number of amides is 2. The Bertz CT molecular complexity index is 743. The third-order valence-corrected chi connectivity index (χ3v) is 4.60. The van der Waals surface area contributed by atoms with E-state index in [1.54, 1.807) is 35.6 Å². The van der Waals surface area contributed by atoms with Crippen molar-refractivity contribution in [1.29, 1.82) is 0 Å². The fraction of sp³-hybridized carbons (Fsp3) is 0.267. The van der Waals surface area contributed by atoms with Crippen LogP contribution in [0.5, 0.6) is 5.75 Å². The quantitative estimate of drug-likeness (QED) is 0.800. The molecule has 2 rings (SSSR count). The molecule has 2 N–H and O–H groups in total. The van der Waals surface area contributed by atoms with Gasteiger partial charge in [-0.25, -0.2) is 13.2 Å². The van der Waals surface area contributed by atoms with E-state index in [-0.39, 0.29) is 18.4 Å². The van der Waals surface area contributed by atoms with Gasteiger partial charge in [0.25, 0.3) is 0 Å². The van der Waals surface area contributed by atoms with Crippen LogP contribution in [0.1, 0.15) is 4.88 Å². The number of hydrogen-bond acceptors (Lipinski definition) is 5. The minimum Gasteiger partial charge on any atom is -0.492 e. The van der Waals surface area contributed by atoms with Crippen LogP contribution >= 0.6 is 11.3 Å². The maximum atomic E-state index is 11.8. The number of urea groups is 1. The van der Waals surface area contributed by atoms with Crippen molar-refractivity contribution in [3.63, 3.8) is 0 Å². The molecule has 0 saturated heterocycles. The lowest BCUT2D eigenvalue weighted by atomic mass is 10.3. The molecule has 2 aromatic rings. The van der Waals surface area contributed by atoms with E-state index in [0.717, 1.165) is 11.1 Å². The number of sulfone groups is 1. The Labute approximate surface area is 139 Å². The Morgan fingerprint density at radius 2 is 2.09 bits per heavy atom. The average Bonchev–Trinajstić information content (AvgIpc) is 2.97. The molecule has 8 heteroatoms. The van der Waals surface area contributed by atoms with Crippen LogP contribution < -0.4 is 15.4 Å². The molecular formula is C15H18N2O4S2. The summed E-state index contributed by atoms with van der Waals surface area (Å²) in [6.07, 6.45) is 1.16. The van der Waals surface area contributed by atoms with Gasteiger partial charge in [0.1, 0.15) is 12.4 Å². The van der Waals surface area contributed by atoms with Gasteiger partial charge in [0.15, 0.2) is 9.84 Å². The lowest BCUT2D eigenvalue weighted by Gasteiger charge is -2.09. The van der Waals surface area contributed by atoms with E-state index in [9.17, 15) is 13.2 Å². The fourth-order valence-electron chi connectivity index (χ4n) is 1.73. The van der Waals surface area contributed by atoms with E-state index >= 15 is 0 Å². The summed E-state index contributed by atoms with van der Waals surface area (Å²) >= 11 is 1.57. The zero-order chi connectivity index (χ0) is 16.7. The molecule has 1 heterocycles. The highest BCUT2D eigenvalue weighted by atomic mass is 32.2. The number of hydrogen-bond donors (Lipinski definition) is 2. The second kappa shape index (κ2) is 7.98. The van der Waals surface area contributed by atoms with E-state index in [0.29, 0.717) is 18.0 Å². The molecule has 0 fully saturated rings. The molecule has 0 radical (unpaired) electrons. The minimum atomic E-state index is -3.06. The predicted molar refractivity (Wildman–Crippen MR) is 91.8 cm³/mol. The number of rotatable bonds is 7. The van der Waals surface area contributed by atoms with Gasteiger partial charge in [0.05, 0.1) is 12.3 Å². The summed E-state index contributed by atoms with van der Waals surface area (Å²) in [5, 5.41) is 7.41. The summed E-state index contributed by atoms with van der Waals surface area (Å²) in [6.45, 7) is 0.543. The van der Waals surface area contributed by atoms with Crippen LogP contribution in [0.3, 0.4) is 0 Å². The van der Waals surface area contributed by atoms with Crippen molar-refractivity contribution in [1.82, 2.24) is 5.32 Å². The van der Waals surface area contributed by atoms with E-state index in [1.807, 2.05) is 17.5 Å². The third-order valence-electron chi connectivity index (χ3n) is 2.82. The summed E-state index contributed by atoms with van der Waals surface area (Å²) in [7, 11) is -3.06. The Kier molecular flexibility index (Phi) is 6.00. The van der Waals surface area contributed by atoms with Crippen molar-refractivity contribution in [2.45, 2.75) is 6.54 Å². The van der Waals surface area contributed by atoms with Gasteiger partial charge in [-0.1, -0.05) is 12.1 Å². The first-order valence-corrected chi connectivity index (χ1v) is 9.84. The van der Waals surface area contributed by atoms with Crippen LogP contribution in [0.2, 0.25) is 0 Å². The molecule has 0 unspecified atom stereocenters. The number of ether oxygens (including phenoxy) is 1. The molecule has 2 amide bonds. The minimum absolute atomic E-state index is 0.0496. The first-order valence-electron chi connectivity index (χ1n) is 6.90. The highest BCUT2D eigenvalue weighted by Gasteiger charge is 2.05. The molecule has 0 aliphatic heterocycles. The van der Waals surface area contributed by atoms with Crippen molar-refractivity contribution < 1.29 is 17.9 Å². The van der Waals surface area contributed by atoms with Crippen molar-refractivity contribution in [2.24, 2.45) is 0 Å². The molecule has 0 saturated carbocycles. The molecule has 0 aliphatic carbocycles. The molecule has 1 aromatic heterocycles. The van der Waals surface area contributed by atoms with Gasteiger partial charge in [-0.05, 0) is 23.6 Å². The highest BCUT2D eigenvalue weighted by molar-refractivity contribution is 7.90. The Balaban J connectivity index is 1.83. The maximum Gasteiger partial charge on any atom is 0.319 e. The van der Waals surface area contributed by atoms with Crippen LogP contribution in [0.4, 0.5) is 10.5 Å². The zero-order valence-corrected chi connectivity index (χ0v) is 14.2. The van der Waals surface area contributed by atoms with Gasteiger partial charge in [0, 0.05) is 22.9 Å². The van der Waals surface area contributed by atoms with E-state index < -0.39 is 9.84 Å². The van der Waals surface area contributed by atoms with E-state index in [4.69, 9.17) is 4.74 Å². The maximum absolute atomic E-state index is 11.8. The largest absolute Gasteiger partial charge is 0.492 e. The first kappa shape index (κ1) is 17.3. The predicted octanol–water partition coefficient (Wildman–Crippen LogP) is 2.49. The van der Waals surface area contributed by atoms with Gasteiger partial charge in [0.2, 0.25) is 0 Å². The lowest BCUT2D eigenvalue weighted by Crippen LogP contribution is -2.27. The third kappa shape index (κ3) is 6.70. The first-order chi connectivity index (χ1) is 10.9. The summed E-state index contributed by atoms with van der Waals surface area (Å²) in [6, 6.07) is 10.4. The van der Waals surface area contributed by atoms with E-state index in [1.165, 1.54) is 0 Å².